The topological polar surface area (TPSA) is 12.0 Å². The highest BCUT2D eigenvalue weighted by Crippen LogP contribution is 2.38. The number of hydrogen-bond donors (Lipinski definition) is 1. The molecule has 1 aliphatic rings. The fourth-order valence-electron chi connectivity index (χ4n) is 2.89. The Morgan fingerprint density at radius 2 is 1.85 bits per heavy atom. The van der Waals surface area contributed by atoms with Crippen LogP contribution >= 0.6 is 11.3 Å². The van der Waals surface area contributed by atoms with Crippen LogP contribution in [0.4, 0.5) is 0 Å². The van der Waals surface area contributed by atoms with E-state index in [1.165, 1.54) is 26.4 Å². The summed E-state index contributed by atoms with van der Waals surface area (Å²) in [5.74, 6) is 0. The monoisotopic (exact) mass is 285 g/mol. The van der Waals surface area contributed by atoms with E-state index in [1.807, 2.05) is 11.3 Å². The van der Waals surface area contributed by atoms with E-state index in [0.717, 1.165) is 19.5 Å². The van der Waals surface area contributed by atoms with Crippen molar-refractivity contribution in [2.75, 3.05) is 6.54 Å². The Morgan fingerprint density at radius 3 is 2.55 bits per heavy atom. The minimum Gasteiger partial charge on any atom is -0.312 e. The average Bonchev–Trinajstić information content (AvgIpc) is 2.89. The van der Waals surface area contributed by atoms with Crippen LogP contribution in [0.25, 0.3) is 10.4 Å². The van der Waals surface area contributed by atoms with E-state index < -0.39 is 0 Å². The zero-order valence-electron chi connectivity index (χ0n) is 12.8. The second-order valence-corrected chi connectivity index (χ2v) is 7.81. The van der Waals surface area contributed by atoms with Crippen molar-refractivity contribution in [3.63, 3.8) is 0 Å². The van der Waals surface area contributed by atoms with E-state index in [1.54, 1.807) is 5.56 Å². The van der Waals surface area contributed by atoms with E-state index >= 15 is 0 Å². The van der Waals surface area contributed by atoms with Crippen molar-refractivity contribution in [1.29, 1.82) is 0 Å². The molecule has 0 aliphatic carbocycles. The van der Waals surface area contributed by atoms with Gasteiger partial charge in [-0.3, -0.25) is 0 Å². The highest BCUT2D eigenvalue weighted by Gasteiger charge is 2.20. The molecule has 0 unspecified atom stereocenters. The van der Waals surface area contributed by atoms with Gasteiger partial charge in [0.15, 0.2) is 0 Å². The first kappa shape index (κ1) is 13.8. The summed E-state index contributed by atoms with van der Waals surface area (Å²) in [4.78, 5) is 2.89. The smallest absolute Gasteiger partial charge is 0.0348 e. The number of fused-ring (bicyclic) bond motifs is 1. The number of aryl methyl sites for hydroxylation is 1. The summed E-state index contributed by atoms with van der Waals surface area (Å²) in [6, 6.07) is 9.20. The predicted molar refractivity (Wildman–Crippen MR) is 88.6 cm³/mol. The van der Waals surface area contributed by atoms with Crippen LogP contribution in [-0.4, -0.2) is 6.54 Å². The fraction of sp³-hybridized carbons (Fsp3) is 0.444. The summed E-state index contributed by atoms with van der Waals surface area (Å²) in [6.45, 7) is 11.2. The SMILES string of the molecule is Cc1ccc(-c2ccc(C(C)(C)C)s2)c2c1CNCC2. The maximum Gasteiger partial charge on any atom is 0.0348 e. The summed E-state index contributed by atoms with van der Waals surface area (Å²) < 4.78 is 0. The average molecular weight is 285 g/mol. The highest BCUT2D eigenvalue weighted by atomic mass is 32.1. The summed E-state index contributed by atoms with van der Waals surface area (Å²) in [6.07, 6.45) is 1.15. The normalized spacial score (nSPS) is 15.2. The molecule has 0 radical (unpaired) electrons. The van der Waals surface area contributed by atoms with Crippen molar-refractivity contribution >= 4 is 11.3 Å². The lowest BCUT2D eigenvalue weighted by Crippen LogP contribution is -2.24. The standard InChI is InChI=1S/C18H23NS/c1-12-5-6-14(13-9-10-19-11-15(12)13)16-7-8-17(20-16)18(2,3)4/h5-8,19H,9-11H2,1-4H3. The van der Waals surface area contributed by atoms with Gasteiger partial charge in [0.05, 0.1) is 0 Å². The van der Waals surface area contributed by atoms with Gasteiger partial charge in [0.2, 0.25) is 0 Å². The molecule has 1 aliphatic heterocycles. The lowest BCUT2D eigenvalue weighted by atomic mass is 9.91. The maximum absolute atomic E-state index is 3.49. The number of hydrogen-bond acceptors (Lipinski definition) is 2. The molecule has 1 aromatic carbocycles. The molecule has 1 aromatic heterocycles. The van der Waals surface area contributed by atoms with E-state index in [0.29, 0.717) is 0 Å². The minimum atomic E-state index is 0.245. The molecule has 0 saturated carbocycles. The minimum absolute atomic E-state index is 0.245. The van der Waals surface area contributed by atoms with Crippen LogP contribution in [0.15, 0.2) is 24.3 Å². The summed E-state index contributed by atoms with van der Waals surface area (Å²) in [5, 5.41) is 3.49. The van der Waals surface area contributed by atoms with Crippen molar-refractivity contribution in [3.05, 3.63) is 45.8 Å². The fourth-order valence-corrected chi connectivity index (χ4v) is 4.00. The third-order valence-corrected chi connectivity index (χ3v) is 5.67. The summed E-state index contributed by atoms with van der Waals surface area (Å²) >= 11 is 1.95. The van der Waals surface area contributed by atoms with Crippen LogP contribution in [0.3, 0.4) is 0 Å². The molecule has 0 saturated heterocycles. The highest BCUT2D eigenvalue weighted by molar-refractivity contribution is 7.15. The van der Waals surface area contributed by atoms with Gasteiger partial charge in [0.1, 0.15) is 0 Å². The lowest BCUT2D eigenvalue weighted by Gasteiger charge is -2.22. The van der Waals surface area contributed by atoms with E-state index in [9.17, 15) is 0 Å². The molecule has 2 aromatic rings. The maximum atomic E-state index is 3.49. The molecule has 0 fully saturated rings. The van der Waals surface area contributed by atoms with Gasteiger partial charge in [-0.15, -0.1) is 11.3 Å². The lowest BCUT2D eigenvalue weighted by molar-refractivity contribution is 0.604. The Labute approximate surface area is 126 Å². The summed E-state index contributed by atoms with van der Waals surface area (Å²) in [5.41, 5.74) is 6.19. The molecule has 1 nitrogen and oxygen atoms in total. The summed E-state index contributed by atoms with van der Waals surface area (Å²) in [7, 11) is 0. The first-order chi connectivity index (χ1) is 9.47. The van der Waals surface area contributed by atoms with Gasteiger partial charge in [0, 0.05) is 16.3 Å². The zero-order chi connectivity index (χ0) is 14.3. The van der Waals surface area contributed by atoms with Crippen LogP contribution in [0.1, 0.15) is 42.3 Å². The number of thiophene rings is 1. The van der Waals surface area contributed by atoms with Crippen molar-refractivity contribution in [1.82, 2.24) is 5.32 Å². The first-order valence-electron chi connectivity index (χ1n) is 7.39. The van der Waals surface area contributed by atoms with E-state index in [4.69, 9.17) is 0 Å². The molecule has 0 atom stereocenters. The van der Waals surface area contributed by atoms with Crippen LogP contribution < -0.4 is 5.32 Å². The van der Waals surface area contributed by atoms with Crippen molar-refractivity contribution in [2.45, 2.75) is 46.1 Å². The Balaban J connectivity index is 2.09. The number of benzene rings is 1. The van der Waals surface area contributed by atoms with Crippen LogP contribution in [-0.2, 0) is 18.4 Å². The molecule has 3 rings (SSSR count). The Bertz CT molecular complexity index is 631. The van der Waals surface area contributed by atoms with E-state index in [2.05, 4.69) is 57.3 Å². The van der Waals surface area contributed by atoms with Gasteiger partial charge in [0.25, 0.3) is 0 Å². The second kappa shape index (κ2) is 5.01. The van der Waals surface area contributed by atoms with Crippen molar-refractivity contribution < 1.29 is 0 Å². The second-order valence-electron chi connectivity index (χ2n) is 6.73. The molecular formula is C18H23NS. The van der Waals surface area contributed by atoms with Gasteiger partial charge >= 0.3 is 0 Å². The Kier molecular flexibility index (Phi) is 3.47. The number of rotatable bonds is 1. The van der Waals surface area contributed by atoms with Gasteiger partial charge in [-0.2, -0.15) is 0 Å². The Hall–Kier alpha value is -1.12. The van der Waals surface area contributed by atoms with Gasteiger partial charge in [-0.1, -0.05) is 32.9 Å². The van der Waals surface area contributed by atoms with Gasteiger partial charge < -0.3 is 5.32 Å². The molecule has 1 N–H and O–H groups in total. The van der Waals surface area contributed by atoms with E-state index in [-0.39, 0.29) is 5.41 Å². The van der Waals surface area contributed by atoms with Crippen molar-refractivity contribution in [2.24, 2.45) is 0 Å². The van der Waals surface area contributed by atoms with Gasteiger partial charge in [-0.25, -0.2) is 0 Å². The number of nitrogens with one attached hydrogen (secondary N) is 1. The van der Waals surface area contributed by atoms with Crippen LogP contribution in [0.2, 0.25) is 0 Å². The zero-order valence-corrected chi connectivity index (χ0v) is 13.7. The van der Waals surface area contributed by atoms with Crippen LogP contribution in [0.5, 0.6) is 0 Å². The largest absolute Gasteiger partial charge is 0.312 e. The van der Waals surface area contributed by atoms with Gasteiger partial charge in [-0.05, 0) is 59.7 Å². The van der Waals surface area contributed by atoms with Crippen molar-refractivity contribution in [3.8, 4) is 10.4 Å². The molecule has 0 amide bonds. The first-order valence-corrected chi connectivity index (χ1v) is 8.21. The predicted octanol–water partition coefficient (Wildman–Crippen LogP) is 4.67. The Morgan fingerprint density at radius 1 is 1.05 bits per heavy atom. The molecule has 20 heavy (non-hydrogen) atoms. The molecule has 0 spiro atoms. The van der Waals surface area contributed by atoms with Crippen LogP contribution in [0, 0.1) is 6.92 Å². The third kappa shape index (κ3) is 2.43. The molecule has 0 bridgehead atoms. The third-order valence-electron chi connectivity index (χ3n) is 4.13. The molecule has 2 heteroatoms. The molecule has 2 heterocycles. The quantitative estimate of drug-likeness (QED) is 0.803. The molecular weight excluding hydrogens is 262 g/mol. The molecule has 106 valence electrons.